The SMILES string of the molecule is O=C(OCc1cc(=O)n2ccccc2n1)c1ccc2nc(Cl)ccc2c1. The molecule has 0 unspecified atom stereocenters. The van der Waals surface area contributed by atoms with Crippen molar-refractivity contribution in [3.8, 4) is 0 Å². The van der Waals surface area contributed by atoms with Crippen LogP contribution in [0.25, 0.3) is 16.6 Å². The summed E-state index contributed by atoms with van der Waals surface area (Å²) in [7, 11) is 0. The van der Waals surface area contributed by atoms with Crippen molar-refractivity contribution < 1.29 is 9.53 Å². The fraction of sp³-hybridized carbons (Fsp3) is 0.0526. The number of esters is 1. The van der Waals surface area contributed by atoms with Gasteiger partial charge in [0.05, 0.1) is 16.8 Å². The molecule has 4 aromatic rings. The number of rotatable bonds is 3. The summed E-state index contributed by atoms with van der Waals surface area (Å²) >= 11 is 5.86. The van der Waals surface area contributed by atoms with E-state index in [0.717, 1.165) is 5.39 Å². The van der Waals surface area contributed by atoms with E-state index in [1.807, 2.05) is 0 Å². The Morgan fingerprint density at radius 3 is 2.85 bits per heavy atom. The molecule has 0 aliphatic heterocycles. The van der Waals surface area contributed by atoms with Crippen LogP contribution in [-0.2, 0) is 11.3 Å². The third kappa shape index (κ3) is 3.14. The van der Waals surface area contributed by atoms with Crippen LogP contribution in [0.4, 0.5) is 0 Å². The zero-order chi connectivity index (χ0) is 18.1. The van der Waals surface area contributed by atoms with Gasteiger partial charge in [-0.15, -0.1) is 0 Å². The Kier molecular flexibility index (Phi) is 4.10. The fourth-order valence-corrected chi connectivity index (χ4v) is 2.78. The predicted molar refractivity (Wildman–Crippen MR) is 97.3 cm³/mol. The molecule has 0 fully saturated rings. The molecule has 0 amide bonds. The molecule has 0 aliphatic carbocycles. The van der Waals surface area contributed by atoms with Crippen LogP contribution >= 0.6 is 11.6 Å². The summed E-state index contributed by atoms with van der Waals surface area (Å²) < 4.78 is 6.72. The lowest BCUT2D eigenvalue weighted by molar-refractivity contribution is 0.0468. The topological polar surface area (TPSA) is 73.6 Å². The van der Waals surface area contributed by atoms with Gasteiger partial charge in [-0.25, -0.2) is 14.8 Å². The van der Waals surface area contributed by atoms with Crippen molar-refractivity contribution in [2.45, 2.75) is 6.61 Å². The molecule has 3 aromatic heterocycles. The maximum atomic E-state index is 12.3. The van der Waals surface area contributed by atoms with Gasteiger partial charge in [-0.2, -0.15) is 0 Å². The lowest BCUT2D eigenvalue weighted by atomic mass is 10.1. The Bertz CT molecular complexity index is 1200. The number of carbonyl (C=O) groups excluding carboxylic acids is 1. The van der Waals surface area contributed by atoms with E-state index in [1.54, 1.807) is 54.7 Å². The molecule has 0 spiro atoms. The van der Waals surface area contributed by atoms with Gasteiger partial charge < -0.3 is 4.74 Å². The minimum Gasteiger partial charge on any atom is -0.456 e. The van der Waals surface area contributed by atoms with Gasteiger partial charge in [0, 0.05) is 17.6 Å². The maximum Gasteiger partial charge on any atom is 0.338 e. The van der Waals surface area contributed by atoms with Crippen LogP contribution < -0.4 is 5.56 Å². The third-order valence-corrected chi connectivity index (χ3v) is 4.08. The van der Waals surface area contributed by atoms with E-state index in [1.165, 1.54) is 10.5 Å². The maximum absolute atomic E-state index is 12.3. The molecule has 128 valence electrons. The average Bonchev–Trinajstić information content (AvgIpc) is 2.65. The summed E-state index contributed by atoms with van der Waals surface area (Å²) in [6, 6.07) is 15.1. The highest BCUT2D eigenvalue weighted by Gasteiger charge is 2.10. The van der Waals surface area contributed by atoms with Crippen LogP contribution in [0, 0.1) is 0 Å². The van der Waals surface area contributed by atoms with E-state index in [-0.39, 0.29) is 12.2 Å². The number of pyridine rings is 2. The molecule has 0 saturated heterocycles. The van der Waals surface area contributed by atoms with Crippen molar-refractivity contribution in [2.75, 3.05) is 0 Å². The first-order valence-electron chi connectivity index (χ1n) is 7.81. The summed E-state index contributed by atoms with van der Waals surface area (Å²) in [5, 5.41) is 1.17. The van der Waals surface area contributed by atoms with Gasteiger partial charge in [-0.3, -0.25) is 9.20 Å². The Morgan fingerprint density at radius 1 is 1.08 bits per heavy atom. The molecular weight excluding hydrogens is 354 g/mol. The van der Waals surface area contributed by atoms with Crippen molar-refractivity contribution in [2.24, 2.45) is 0 Å². The molecule has 0 radical (unpaired) electrons. The number of carbonyl (C=O) groups is 1. The number of ether oxygens (including phenoxy) is 1. The second kappa shape index (κ2) is 6.57. The minimum atomic E-state index is -0.503. The van der Waals surface area contributed by atoms with Crippen molar-refractivity contribution in [3.63, 3.8) is 0 Å². The van der Waals surface area contributed by atoms with E-state index in [4.69, 9.17) is 16.3 Å². The van der Waals surface area contributed by atoms with Crippen molar-refractivity contribution in [3.05, 3.63) is 87.6 Å². The van der Waals surface area contributed by atoms with Crippen LogP contribution in [-0.4, -0.2) is 20.3 Å². The Morgan fingerprint density at radius 2 is 1.96 bits per heavy atom. The van der Waals surface area contributed by atoms with Crippen molar-refractivity contribution in [1.82, 2.24) is 14.4 Å². The first-order valence-corrected chi connectivity index (χ1v) is 8.19. The van der Waals surface area contributed by atoms with Gasteiger partial charge in [0.15, 0.2) is 0 Å². The number of nitrogens with zero attached hydrogens (tertiary/aromatic N) is 3. The molecule has 0 saturated carbocycles. The van der Waals surface area contributed by atoms with Crippen LogP contribution in [0.1, 0.15) is 16.1 Å². The number of fused-ring (bicyclic) bond motifs is 2. The van der Waals surface area contributed by atoms with Gasteiger partial charge in [-0.05, 0) is 42.5 Å². The van der Waals surface area contributed by atoms with Crippen LogP contribution in [0.3, 0.4) is 0 Å². The molecular formula is C19H12ClN3O3. The zero-order valence-corrected chi connectivity index (χ0v) is 14.2. The van der Waals surface area contributed by atoms with Crippen LogP contribution in [0.2, 0.25) is 5.15 Å². The lowest BCUT2D eigenvalue weighted by Gasteiger charge is -2.07. The van der Waals surface area contributed by atoms with Crippen LogP contribution in [0.5, 0.6) is 0 Å². The summed E-state index contributed by atoms with van der Waals surface area (Å²) in [4.78, 5) is 32.8. The minimum absolute atomic E-state index is 0.0869. The molecule has 7 heteroatoms. The Hall–Kier alpha value is -3.25. The smallest absolute Gasteiger partial charge is 0.338 e. The van der Waals surface area contributed by atoms with E-state index in [0.29, 0.717) is 27.6 Å². The Balaban J connectivity index is 1.55. The summed E-state index contributed by atoms with van der Waals surface area (Å²) in [6.07, 6.45) is 1.63. The van der Waals surface area contributed by atoms with E-state index >= 15 is 0 Å². The quantitative estimate of drug-likeness (QED) is 0.411. The van der Waals surface area contributed by atoms with E-state index < -0.39 is 5.97 Å². The Labute approximate surface area is 152 Å². The summed E-state index contributed by atoms with van der Waals surface area (Å²) in [6.45, 7) is -0.0869. The van der Waals surface area contributed by atoms with Crippen LogP contribution in [0.15, 0.2) is 65.6 Å². The number of hydrogen-bond acceptors (Lipinski definition) is 5. The molecule has 4 rings (SSSR count). The van der Waals surface area contributed by atoms with Crippen molar-refractivity contribution in [1.29, 1.82) is 0 Å². The van der Waals surface area contributed by atoms with Gasteiger partial charge in [0.25, 0.3) is 5.56 Å². The lowest BCUT2D eigenvalue weighted by Crippen LogP contribution is -2.16. The highest BCUT2D eigenvalue weighted by atomic mass is 35.5. The fourth-order valence-electron chi connectivity index (χ4n) is 2.63. The molecule has 3 heterocycles. The van der Waals surface area contributed by atoms with Gasteiger partial charge >= 0.3 is 5.97 Å². The standard InChI is InChI=1S/C19H12ClN3O3/c20-16-7-5-12-9-13(4-6-15(12)22-16)19(25)26-11-14-10-18(24)23-8-2-1-3-17(23)21-14/h1-10H,11H2. The molecule has 6 nitrogen and oxygen atoms in total. The van der Waals surface area contributed by atoms with Crippen molar-refractivity contribution >= 4 is 34.1 Å². The molecule has 0 aliphatic rings. The van der Waals surface area contributed by atoms with E-state index in [9.17, 15) is 9.59 Å². The van der Waals surface area contributed by atoms with Gasteiger partial charge in [0.1, 0.15) is 17.4 Å². The molecule has 0 bridgehead atoms. The monoisotopic (exact) mass is 365 g/mol. The highest BCUT2D eigenvalue weighted by molar-refractivity contribution is 6.29. The molecule has 0 atom stereocenters. The molecule has 1 aromatic carbocycles. The first kappa shape index (κ1) is 16.2. The average molecular weight is 366 g/mol. The number of hydrogen-bond donors (Lipinski definition) is 0. The first-order chi connectivity index (χ1) is 12.6. The molecule has 0 N–H and O–H groups in total. The second-order valence-electron chi connectivity index (χ2n) is 5.63. The summed E-state index contributed by atoms with van der Waals surface area (Å²) in [5.41, 5.74) is 1.75. The highest BCUT2D eigenvalue weighted by Crippen LogP contribution is 2.18. The number of halogens is 1. The zero-order valence-electron chi connectivity index (χ0n) is 13.4. The normalized spacial score (nSPS) is 11.0. The largest absolute Gasteiger partial charge is 0.456 e. The van der Waals surface area contributed by atoms with Gasteiger partial charge in [0.2, 0.25) is 0 Å². The third-order valence-electron chi connectivity index (χ3n) is 3.87. The van der Waals surface area contributed by atoms with E-state index in [2.05, 4.69) is 9.97 Å². The number of aromatic nitrogens is 3. The summed E-state index contributed by atoms with van der Waals surface area (Å²) in [5.74, 6) is -0.503. The predicted octanol–water partition coefficient (Wildman–Crippen LogP) is 3.25. The molecule has 26 heavy (non-hydrogen) atoms. The van der Waals surface area contributed by atoms with Gasteiger partial charge in [-0.1, -0.05) is 17.7 Å². The second-order valence-corrected chi connectivity index (χ2v) is 6.02. The number of benzene rings is 1.